The smallest absolute Gasteiger partial charge is 0.462 e. The highest BCUT2D eigenvalue weighted by Gasteiger charge is 2.25. The van der Waals surface area contributed by atoms with E-state index in [9.17, 15) is 19.0 Å². The molecular formula is C29H50NO8P. The van der Waals surface area contributed by atoms with E-state index in [1.807, 2.05) is 6.92 Å². The summed E-state index contributed by atoms with van der Waals surface area (Å²) in [6, 6.07) is 0. The van der Waals surface area contributed by atoms with Crippen LogP contribution in [-0.4, -0.2) is 49.3 Å². The van der Waals surface area contributed by atoms with E-state index in [0.717, 1.165) is 51.4 Å². The summed E-state index contributed by atoms with van der Waals surface area (Å²) < 4.78 is 31.8. The third-order valence-corrected chi connectivity index (χ3v) is 6.18. The molecule has 224 valence electrons. The van der Waals surface area contributed by atoms with Gasteiger partial charge in [-0.3, -0.25) is 18.6 Å². The molecule has 0 aliphatic rings. The molecular weight excluding hydrogens is 521 g/mol. The summed E-state index contributed by atoms with van der Waals surface area (Å²) in [5.74, 6) is -0.928. The topological polar surface area (TPSA) is 134 Å². The van der Waals surface area contributed by atoms with Gasteiger partial charge in [0, 0.05) is 19.4 Å². The first-order valence-electron chi connectivity index (χ1n) is 14.1. The van der Waals surface area contributed by atoms with Crippen molar-refractivity contribution in [2.75, 3.05) is 26.4 Å². The molecule has 0 aliphatic heterocycles. The molecule has 0 spiro atoms. The molecule has 0 fully saturated rings. The lowest BCUT2D eigenvalue weighted by Gasteiger charge is -2.19. The zero-order valence-corrected chi connectivity index (χ0v) is 24.7. The van der Waals surface area contributed by atoms with E-state index in [2.05, 4.69) is 60.1 Å². The molecule has 39 heavy (non-hydrogen) atoms. The van der Waals surface area contributed by atoms with Crippen molar-refractivity contribution < 1.29 is 37.6 Å². The third kappa shape index (κ3) is 26.0. The zero-order chi connectivity index (χ0) is 29.0. The van der Waals surface area contributed by atoms with E-state index in [1.54, 1.807) is 0 Å². The minimum Gasteiger partial charge on any atom is -0.462 e. The Balaban J connectivity index is 4.14. The number of unbranched alkanes of at least 4 members (excludes halogenated alkanes) is 4. The lowest BCUT2D eigenvalue weighted by molar-refractivity contribution is -0.161. The molecule has 10 heteroatoms. The number of nitrogens with two attached hydrogens (primary N) is 1. The predicted octanol–water partition coefficient (Wildman–Crippen LogP) is 6.48. The number of rotatable bonds is 25. The zero-order valence-electron chi connectivity index (χ0n) is 23.8. The van der Waals surface area contributed by atoms with Gasteiger partial charge in [-0.1, -0.05) is 75.3 Å². The van der Waals surface area contributed by atoms with Crippen molar-refractivity contribution in [1.82, 2.24) is 0 Å². The lowest BCUT2D eigenvalue weighted by atomic mass is 10.1. The summed E-state index contributed by atoms with van der Waals surface area (Å²) in [5, 5.41) is 0. The van der Waals surface area contributed by atoms with E-state index in [0.29, 0.717) is 12.8 Å². The van der Waals surface area contributed by atoms with Gasteiger partial charge in [0.05, 0.1) is 13.2 Å². The monoisotopic (exact) mass is 571 g/mol. The maximum Gasteiger partial charge on any atom is 0.472 e. The van der Waals surface area contributed by atoms with Gasteiger partial charge in [0.1, 0.15) is 6.61 Å². The standard InChI is InChI=1S/C29H50NO8P/c1-3-5-6-7-8-9-10-11-12-13-14-15-16-17-18-19-20-22-29(32)38-27(25-35-28(31)21-4-2)26-37-39(33,34)36-24-23-30/h5-6,8-9,11-12,14-15,27H,3-4,7,10,13,16-26,30H2,1-2H3,(H,33,34)/b6-5-,9-8-,12-11-,15-14-. The van der Waals surface area contributed by atoms with Gasteiger partial charge in [0.15, 0.2) is 6.10 Å². The largest absolute Gasteiger partial charge is 0.472 e. The third-order valence-electron chi connectivity index (χ3n) is 5.20. The summed E-state index contributed by atoms with van der Waals surface area (Å²) in [6.07, 6.45) is 26.0. The van der Waals surface area contributed by atoms with Gasteiger partial charge in [-0.15, -0.1) is 0 Å². The number of esters is 2. The first-order chi connectivity index (χ1) is 18.8. The molecule has 0 saturated carbocycles. The second kappa shape index (κ2) is 26.2. The van der Waals surface area contributed by atoms with E-state index in [1.165, 1.54) is 0 Å². The molecule has 0 heterocycles. The van der Waals surface area contributed by atoms with E-state index >= 15 is 0 Å². The van der Waals surface area contributed by atoms with Gasteiger partial charge in [-0.25, -0.2) is 4.57 Å². The van der Waals surface area contributed by atoms with Gasteiger partial charge in [0.25, 0.3) is 0 Å². The fraction of sp³-hybridized carbons (Fsp3) is 0.655. The van der Waals surface area contributed by atoms with Crippen LogP contribution < -0.4 is 5.73 Å². The van der Waals surface area contributed by atoms with Crippen LogP contribution in [0.3, 0.4) is 0 Å². The number of ether oxygens (including phenoxy) is 2. The van der Waals surface area contributed by atoms with Gasteiger partial charge < -0.3 is 20.1 Å². The number of phosphoric ester groups is 1. The molecule has 0 aromatic heterocycles. The highest BCUT2D eigenvalue weighted by molar-refractivity contribution is 7.47. The molecule has 0 amide bonds. The van der Waals surface area contributed by atoms with Crippen LogP contribution in [0.4, 0.5) is 0 Å². The maximum absolute atomic E-state index is 12.3. The fourth-order valence-corrected chi connectivity index (χ4v) is 3.95. The Labute approximate surface area is 235 Å². The van der Waals surface area contributed by atoms with Crippen LogP contribution in [-0.2, 0) is 32.7 Å². The Morgan fingerprint density at radius 3 is 2.03 bits per heavy atom. The van der Waals surface area contributed by atoms with Crippen LogP contribution in [0, 0.1) is 0 Å². The molecule has 2 atom stereocenters. The van der Waals surface area contributed by atoms with Crippen molar-refractivity contribution >= 4 is 19.8 Å². The van der Waals surface area contributed by atoms with E-state index < -0.39 is 32.5 Å². The van der Waals surface area contributed by atoms with Gasteiger partial charge in [-0.05, 0) is 51.4 Å². The average Bonchev–Trinajstić information content (AvgIpc) is 2.91. The number of phosphoric acid groups is 1. The lowest BCUT2D eigenvalue weighted by Crippen LogP contribution is -2.29. The van der Waals surface area contributed by atoms with Crippen molar-refractivity contribution in [3.05, 3.63) is 48.6 Å². The second-order valence-electron chi connectivity index (χ2n) is 8.88. The summed E-state index contributed by atoms with van der Waals surface area (Å²) >= 11 is 0. The molecule has 0 aromatic carbocycles. The van der Waals surface area contributed by atoms with Crippen LogP contribution >= 0.6 is 7.82 Å². The van der Waals surface area contributed by atoms with Crippen molar-refractivity contribution in [2.45, 2.75) is 97.0 Å². The summed E-state index contributed by atoms with van der Waals surface area (Å²) in [4.78, 5) is 33.6. The summed E-state index contributed by atoms with van der Waals surface area (Å²) in [5.41, 5.74) is 5.25. The van der Waals surface area contributed by atoms with Gasteiger partial charge in [0.2, 0.25) is 0 Å². The fourth-order valence-electron chi connectivity index (χ4n) is 3.19. The van der Waals surface area contributed by atoms with E-state index in [-0.39, 0.29) is 32.6 Å². The SMILES string of the molecule is CC/C=C\C/C=C\C/C=C\C/C=C\CCCCCCC(=O)OC(COC(=O)CCC)COP(=O)(O)OCCN. The Morgan fingerprint density at radius 1 is 0.795 bits per heavy atom. The predicted molar refractivity (Wildman–Crippen MR) is 155 cm³/mol. The molecule has 0 aliphatic carbocycles. The molecule has 0 radical (unpaired) electrons. The first-order valence-corrected chi connectivity index (χ1v) is 15.6. The number of hydrogen-bond donors (Lipinski definition) is 2. The van der Waals surface area contributed by atoms with Crippen molar-refractivity contribution in [3.8, 4) is 0 Å². The van der Waals surface area contributed by atoms with Crippen molar-refractivity contribution in [2.24, 2.45) is 5.73 Å². The van der Waals surface area contributed by atoms with E-state index in [4.69, 9.17) is 19.7 Å². The Morgan fingerprint density at radius 2 is 1.41 bits per heavy atom. The minimum atomic E-state index is -4.35. The average molecular weight is 572 g/mol. The Hall–Kier alpha value is -2.03. The number of hydrogen-bond acceptors (Lipinski definition) is 8. The van der Waals surface area contributed by atoms with Crippen molar-refractivity contribution in [3.63, 3.8) is 0 Å². The molecule has 0 rings (SSSR count). The molecule has 9 nitrogen and oxygen atoms in total. The highest BCUT2D eigenvalue weighted by Crippen LogP contribution is 2.43. The molecule has 2 unspecified atom stereocenters. The molecule has 0 saturated heterocycles. The maximum atomic E-state index is 12.3. The quantitative estimate of drug-likeness (QED) is 0.0546. The number of carbonyl (C=O) groups is 2. The first kappa shape index (κ1) is 37.0. The summed E-state index contributed by atoms with van der Waals surface area (Å²) in [7, 11) is -4.35. The Bertz CT molecular complexity index is 794. The Kier molecular flexibility index (Phi) is 24.8. The number of carbonyl (C=O) groups excluding carboxylic acids is 2. The molecule has 3 N–H and O–H groups in total. The van der Waals surface area contributed by atoms with Gasteiger partial charge >= 0.3 is 19.8 Å². The minimum absolute atomic E-state index is 0.0460. The molecule has 0 aromatic rings. The van der Waals surface area contributed by atoms with Crippen LogP contribution in [0.2, 0.25) is 0 Å². The van der Waals surface area contributed by atoms with Crippen LogP contribution in [0.15, 0.2) is 48.6 Å². The summed E-state index contributed by atoms with van der Waals surface area (Å²) in [6.45, 7) is 3.14. The molecule has 0 bridgehead atoms. The van der Waals surface area contributed by atoms with Crippen molar-refractivity contribution in [1.29, 1.82) is 0 Å². The highest BCUT2D eigenvalue weighted by atomic mass is 31.2. The van der Waals surface area contributed by atoms with Crippen LogP contribution in [0.5, 0.6) is 0 Å². The normalized spacial score (nSPS) is 14.5. The number of allylic oxidation sites excluding steroid dienone is 8. The second-order valence-corrected chi connectivity index (χ2v) is 10.3. The van der Waals surface area contributed by atoms with Crippen LogP contribution in [0.25, 0.3) is 0 Å². The van der Waals surface area contributed by atoms with Gasteiger partial charge in [-0.2, -0.15) is 0 Å². The van der Waals surface area contributed by atoms with Crippen LogP contribution in [0.1, 0.15) is 90.9 Å².